The van der Waals surface area contributed by atoms with E-state index >= 15 is 0 Å². The Morgan fingerprint density at radius 3 is 2.33 bits per heavy atom. The number of allylic oxidation sites excluding steroid dienone is 2. The van der Waals surface area contributed by atoms with Crippen LogP contribution in [0.25, 0.3) is 0 Å². The largest absolute Gasteiger partial charge is 0.469 e. The normalized spacial score (nSPS) is 38.4. The summed E-state index contributed by atoms with van der Waals surface area (Å²) in [5, 5.41) is 42.5. The molecule has 0 spiro atoms. The van der Waals surface area contributed by atoms with Gasteiger partial charge in [0, 0.05) is 0 Å². The van der Waals surface area contributed by atoms with Gasteiger partial charge in [-0.2, -0.15) is 0 Å². The van der Waals surface area contributed by atoms with Crippen molar-refractivity contribution in [1.82, 2.24) is 0 Å². The predicted octanol–water partition coefficient (Wildman–Crippen LogP) is 2.33. The van der Waals surface area contributed by atoms with Crippen molar-refractivity contribution in [2.45, 2.75) is 96.1 Å². The number of aliphatic hydroxyl groups excluding tert-OH is 2. The maximum atomic E-state index is 12.0. The molecule has 0 fully saturated rings. The summed E-state index contributed by atoms with van der Waals surface area (Å²) in [6, 6.07) is 0. The van der Waals surface area contributed by atoms with Crippen LogP contribution in [0.2, 0.25) is 0 Å². The molecule has 6 unspecified atom stereocenters. The summed E-state index contributed by atoms with van der Waals surface area (Å²) in [5.74, 6) is -1.15. The fourth-order valence-electron chi connectivity index (χ4n) is 3.69. The lowest BCUT2D eigenvalue weighted by atomic mass is 9.77. The van der Waals surface area contributed by atoms with E-state index in [0.29, 0.717) is 32.1 Å². The highest BCUT2D eigenvalue weighted by molar-refractivity contribution is 5.72. The Bertz CT molecular complexity index is 511. The molecule has 27 heavy (non-hydrogen) atoms. The van der Waals surface area contributed by atoms with E-state index in [1.165, 1.54) is 7.11 Å². The molecule has 6 atom stereocenters. The van der Waals surface area contributed by atoms with Crippen LogP contribution >= 0.6 is 0 Å². The first kappa shape index (κ1) is 24.1. The van der Waals surface area contributed by atoms with Crippen molar-refractivity contribution in [1.29, 1.82) is 0 Å². The lowest BCUT2D eigenvalue weighted by Crippen LogP contribution is -2.43. The van der Waals surface area contributed by atoms with Gasteiger partial charge in [0.15, 0.2) is 0 Å². The summed E-state index contributed by atoms with van der Waals surface area (Å²) >= 11 is 0. The Hall–Kier alpha value is -0.950. The van der Waals surface area contributed by atoms with E-state index < -0.39 is 29.3 Å². The van der Waals surface area contributed by atoms with E-state index in [0.717, 1.165) is 5.57 Å². The molecule has 0 saturated carbocycles. The van der Waals surface area contributed by atoms with Crippen molar-refractivity contribution >= 4 is 5.97 Å². The summed E-state index contributed by atoms with van der Waals surface area (Å²) in [5.41, 5.74) is -1.47. The molecule has 158 valence electrons. The smallest absolute Gasteiger partial charge is 0.308 e. The third-order valence-corrected chi connectivity index (χ3v) is 6.22. The number of rotatable bonds is 2. The van der Waals surface area contributed by atoms with Gasteiger partial charge in [-0.15, -0.1) is 0 Å². The molecule has 0 saturated heterocycles. The molecule has 1 aliphatic rings. The minimum Gasteiger partial charge on any atom is -0.469 e. The van der Waals surface area contributed by atoms with Crippen LogP contribution in [0.15, 0.2) is 11.6 Å². The van der Waals surface area contributed by atoms with Crippen LogP contribution in [0.1, 0.15) is 72.6 Å². The topological polar surface area (TPSA) is 107 Å². The highest BCUT2D eigenvalue weighted by Gasteiger charge is 2.37. The first-order valence-corrected chi connectivity index (χ1v) is 9.95. The van der Waals surface area contributed by atoms with Crippen molar-refractivity contribution < 1.29 is 30.0 Å². The number of carbonyl (C=O) groups excluding carboxylic acids is 1. The van der Waals surface area contributed by atoms with Crippen LogP contribution in [0.5, 0.6) is 0 Å². The monoisotopic (exact) mass is 386 g/mol. The summed E-state index contributed by atoms with van der Waals surface area (Å²) in [6.07, 6.45) is 3.20. The summed E-state index contributed by atoms with van der Waals surface area (Å²) in [4.78, 5) is 12.0. The average Bonchev–Trinajstić information content (AvgIpc) is 2.60. The molecule has 6 nitrogen and oxygen atoms in total. The van der Waals surface area contributed by atoms with Crippen molar-refractivity contribution in [3.63, 3.8) is 0 Å². The Morgan fingerprint density at radius 2 is 1.74 bits per heavy atom. The maximum absolute atomic E-state index is 12.0. The van der Waals surface area contributed by atoms with E-state index in [2.05, 4.69) is 0 Å². The van der Waals surface area contributed by atoms with Gasteiger partial charge in [-0.25, -0.2) is 0 Å². The van der Waals surface area contributed by atoms with E-state index in [-0.39, 0.29) is 24.7 Å². The van der Waals surface area contributed by atoms with E-state index in [4.69, 9.17) is 4.74 Å². The van der Waals surface area contributed by atoms with Crippen molar-refractivity contribution in [2.75, 3.05) is 7.11 Å². The van der Waals surface area contributed by atoms with Crippen LogP contribution in [-0.4, -0.2) is 56.9 Å². The molecule has 0 radical (unpaired) electrons. The highest BCUT2D eigenvalue weighted by atomic mass is 16.5. The van der Waals surface area contributed by atoms with Crippen LogP contribution in [0.3, 0.4) is 0 Å². The molecule has 0 aromatic rings. The van der Waals surface area contributed by atoms with Crippen LogP contribution in [0, 0.1) is 11.8 Å². The predicted molar refractivity (Wildman–Crippen MR) is 104 cm³/mol. The lowest BCUT2D eigenvalue weighted by molar-refractivity contribution is -0.148. The third kappa shape index (κ3) is 7.18. The standard InChI is InChI=1S/C21H38O6/c1-14-7-6-11-20(3,25)18(23)13-16(15(2)19(24)27-5)10-12-21(4,26)17(22)9-8-14/h7,15-18,22-23,25-26H,6,8-13H2,1-5H3. The first-order valence-electron chi connectivity index (χ1n) is 9.95. The van der Waals surface area contributed by atoms with Gasteiger partial charge in [0.25, 0.3) is 0 Å². The molecular formula is C21H38O6. The van der Waals surface area contributed by atoms with E-state index in [1.54, 1.807) is 20.8 Å². The minimum atomic E-state index is -1.29. The fourth-order valence-corrected chi connectivity index (χ4v) is 3.69. The van der Waals surface area contributed by atoms with Crippen molar-refractivity contribution in [3.05, 3.63) is 11.6 Å². The van der Waals surface area contributed by atoms with Gasteiger partial charge in [0.2, 0.25) is 0 Å². The maximum Gasteiger partial charge on any atom is 0.308 e. The van der Waals surface area contributed by atoms with E-state index in [1.807, 2.05) is 13.0 Å². The van der Waals surface area contributed by atoms with Gasteiger partial charge >= 0.3 is 5.97 Å². The van der Waals surface area contributed by atoms with Crippen molar-refractivity contribution in [2.24, 2.45) is 11.8 Å². The van der Waals surface area contributed by atoms with Gasteiger partial charge in [0.05, 0.1) is 36.4 Å². The quantitative estimate of drug-likeness (QED) is 0.429. The second-order valence-corrected chi connectivity index (χ2v) is 8.72. The molecule has 0 bridgehead atoms. The summed E-state index contributed by atoms with van der Waals surface area (Å²) in [7, 11) is 1.32. The molecule has 0 amide bonds. The van der Waals surface area contributed by atoms with Gasteiger partial charge in [-0.05, 0) is 71.6 Å². The SMILES string of the molecule is COC(=O)C(C)C1CCC(C)(O)C(O)CCC(C)=CCCC(C)(O)C(O)C1. The zero-order valence-electron chi connectivity index (χ0n) is 17.4. The Balaban J connectivity index is 3.09. The van der Waals surface area contributed by atoms with E-state index in [9.17, 15) is 25.2 Å². The average molecular weight is 387 g/mol. The van der Waals surface area contributed by atoms with Crippen LogP contribution < -0.4 is 0 Å². The fraction of sp³-hybridized carbons (Fsp3) is 0.857. The van der Waals surface area contributed by atoms with Gasteiger partial charge in [0.1, 0.15) is 0 Å². The van der Waals surface area contributed by atoms with Crippen molar-refractivity contribution in [3.8, 4) is 0 Å². The Kier molecular flexibility index (Phi) is 8.93. The molecular weight excluding hydrogens is 348 g/mol. The highest BCUT2D eigenvalue weighted by Crippen LogP contribution is 2.33. The number of hydrogen-bond acceptors (Lipinski definition) is 6. The number of methoxy groups -OCH3 is 1. The van der Waals surface area contributed by atoms with Gasteiger partial charge < -0.3 is 25.2 Å². The van der Waals surface area contributed by atoms with Gasteiger partial charge in [-0.3, -0.25) is 4.79 Å². The van der Waals surface area contributed by atoms with Gasteiger partial charge in [-0.1, -0.05) is 18.6 Å². The first-order chi connectivity index (χ1) is 12.4. The number of carbonyl (C=O) groups is 1. The second-order valence-electron chi connectivity index (χ2n) is 8.72. The summed E-state index contributed by atoms with van der Waals surface area (Å²) < 4.78 is 4.84. The minimum absolute atomic E-state index is 0.220. The zero-order valence-corrected chi connectivity index (χ0v) is 17.4. The number of aliphatic hydroxyl groups is 4. The molecule has 4 N–H and O–H groups in total. The molecule has 1 aliphatic carbocycles. The number of ether oxygens (including phenoxy) is 1. The lowest BCUT2D eigenvalue weighted by Gasteiger charge is -2.35. The molecule has 0 aliphatic heterocycles. The molecule has 0 aromatic carbocycles. The molecule has 0 heterocycles. The molecule has 1 rings (SSSR count). The molecule has 0 aromatic heterocycles. The second kappa shape index (κ2) is 10.0. The summed E-state index contributed by atoms with van der Waals surface area (Å²) in [6.45, 7) is 6.92. The van der Waals surface area contributed by atoms with Crippen LogP contribution in [-0.2, 0) is 9.53 Å². The third-order valence-electron chi connectivity index (χ3n) is 6.22. The number of hydrogen-bond donors (Lipinski definition) is 4. The molecule has 6 heteroatoms. The van der Waals surface area contributed by atoms with Crippen LogP contribution in [0.4, 0.5) is 0 Å². The zero-order chi connectivity index (χ0) is 20.8. The number of esters is 1. The Labute approximate surface area is 163 Å². The Morgan fingerprint density at radius 1 is 1.15 bits per heavy atom.